The van der Waals surface area contributed by atoms with E-state index in [1.54, 1.807) is 84.9 Å². The third-order valence-electron chi connectivity index (χ3n) is 16.2. The molecule has 0 bridgehead atoms. The third kappa shape index (κ3) is 10.4. The van der Waals surface area contributed by atoms with Crippen molar-refractivity contribution in [2.75, 3.05) is 5.32 Å². The minimum absolute atomic E-state index is 0.0385. The molecule has 0 radical (unpaired) electrons. The largest absolute Gasteiger partial charge is 0.490 e. The molecule has 8 aromatic rings. The molecule has 2 saturated carbocycles. The number of nitrogens with zero attached hydrogens (tertiary/aromatic N) is 4. The topological polar surface area (TPSA) is 183 Å². The van der Waals surface area contributed by atoms with Crippen molar-refractivity contribution in [2.24, 2.45) is 17.6 Å². The van der Waals surface area contributed by atoms with Gasteiger partial charge in [-0.2, -0.15) is 13.9 Å². The maximum absolute atomic E-state index is 15.4. The Hall–Kier alpha value is -9.27. The Balaban J connectivity index is 0.753. The van der Waals surface area contributed by atoms with Crippen LogP contribution in [0.3, 0.4) is 0 Å². The van der Waals surface area contributed by atoms with Gasteiger partial charge in [-0.1, -0.05) is 54.6 Å². The van der Waals surface area contributed by atoms with Crippen molar-refractivity contribution in [3.63, 3.8) is 0 Å². The number of benzene rings is 5. The van der Waals surface area contributed by atoms with Crippen LogP contribution in [0.2, 0.25) is 0 Å². The Labute approximate surface area is 474 Å². The van der Waals surface area contributed by atoms with Crippen molar-refractivity contribution in [1.82, 2.24) is 30.4 Å². The first-order chi connectivity index (χ1) is 40.2. The number of anilines is 1. The molecule has 428 valence electrons. The predicted octanol–water partition coefficient (Wildman–Crippen LogP) is 11.2. The predicted molar refractivity (Wildman–Crippen MR) is 290 cm³/mol. The zero-order valence-corrected chi connectivity index (χ0v) is 44.5. The van der Waals surface area contributed by atoms with Crippen LogP contribution >= 0.6 is 0 Å². The minimum atomic E-state index is -3.47. The Morgan fingerprint density at radius 3 is 1.96 bits per heavy atom. The van der Waals surface area contributed by atoms with Crippen LogP contribution in [0, 0.1) is 35.1 Å². The molecule has 4 amide bonds. The van der Waals surface area contributed by atoms with Gasteiger partial charge in [0.2, 0.25) is 23.6 Å². The summed E-state index contributed by atoms with van der Waals surface area (Å²) in [6, 6.07) is 29.4. The number of primary amides is 1. The second kappa shape index (κ2) is 21.5. The highest BCUT2D eigenvalue weighted by Crippen LogP contribution is 2.68. The zero-order valence-electron chi connectivity index (χ0n) is 44.5. The SMILES string of the molecule is CC(Cc1cccc2c1NC(=O)C21CC1C(=O)NC(Cc1cc(F)cc(F)c1)c1ncccc1-c1cccc(C(N)=O)c1)Oc1ccc(-c2cccnc2[C@H](Cc2cc(F)cc(F)c2)NC(=O)Cn2nc(C(F)F)c3c2C(F)(F)C2CC32)cc1. The number of ether oxygens (including phenoxy) is 1. The van der Waals surface area contributed by atoms with Gasteiger partial charge in [0, 0.05) is 64.8 Å². The van der Waals surface area contributed by atoms with E-state index in [1.807, 2.05) is 13.0 Å². The lowest BCUT2D eigenvalue weighted by molar-refractivity contribution is -0.126. The van der Waals surface area contributed by atoms with Gasteiger partial charge in [0.25, 0.3) is 12.3 Å². The minimum Gasteiger partial charge on any atom is -0.490 e. The summed E-state index contributed by atoms with van der Waals surface area (Å²) in [7, 11) is 0. The highest BCUT2D eigenvalue weighted by atomic mass is 19.3. The number of nitrogens with one attached hydrogen (secondary N) is 3. The maximum atomic E-state index is 15.4. The highest BCUT2D eigenvalue weighted by Gasteiger charge is 2.69. The van der Waals surface area contributed by atoms with Crippen molar-refractivity contribution in [3.05, 3.63) is 219 Å². The van der Waals surface area contributed by atoms with Crippen molar-refractivity contribution < 1.29 is 59.0 Å². The normalized spacial score (nSPS) is 19.6. The second-order valence-corrected chi connectivity index (χ2v) is 21.8. The number of aromatic nitrogens is 4. The van der Waals surface area contributed by atoms with Crippen LogP contribution in [0.4, 0.5) is 40.8 Å². The van der Waals surface area contributed by atoms with Crippen LogP contribution in [0.5, 0.6) is 5.75 Å². The number of carbonyl (C=O) groups is 4. The lowest BCUT2D eigenvalue weighted by Gasteiger charge is -2.22. The smallest absolute Gasteiger partial charge is 0.293 e. The summed E-state index contributed by atoms with van der Waals surface area (Å²) in [5.74, 6) is -11.6. The number of fused-ring (bicyclic) bond motifs is 5. The van der Waals surface area contributed by atoms with E-state index in [2.05, 4.69) is 31.0 Å². The molecule has 13 nitrogen and oxygen atoms in total. The molecule has 4 aliphatic rings. The number of hydrogen-bond donors (Lipinski definition) is 4. The molecule has 1 spiro atoms. The van der Waals surface area contributed by atoms with Crippen LogP contribution in [-0.2, 0) is 51.5 Å². The molecule has 12 rings (SSSR count). The number of rotatable bonds is 19. The lowest BCUT2D eigenvalue weighted by atomic mass is 9.91. The number of halogens is 8. The summed E-state index contributed by atoms with van der Waals surface area (Å²) in [4.78, 5) is 63.7. The van der Waals surface area contributed by atoms with E-state index in [0.717, 1.165) is 35.9 Å². The van der Waals surface area contributed by atoms with Crippen LogP contribution < -0.4 is 26.4 Å². The summed E-state index contributed by atoms with van der Waals surface area (Å²) in [6.45, 7) is 0.992. The number of pyridine rings is 2. The number of hydrogen-bond acceptors (Lipinski definition) is 8. The van der Waals surface area contributed by atoms with Crippen LogP contribution in [-0.4, -0.2) is 49.5 Å². The first-order valence-corrected chi connectivity index (χ1v) is 27.0. The van der Waals surface area contributed by atoms with E-state index in [-0.39, 0.29) is 59.5 Å². The van der Waals surface area contributed by atoms with Gasteiger partial charge in [-0.3, -0.25) is 33.8 Å². The third-order valence-corrected chi connectivity index (χ3v) is 16.2. The molecule has 1 aliphatic heterocycles. The van der Waals surface area contributed by atoms with E-state index in [0.29, 0.717) is 62.1 Å². The molecule has 3 aromatic heterocycles. The summed E-state index contributed by atoms with van der Waals surface area (Å²) in [5, 5.41) is 12.6. The van der Waals surface area contributed by atoms with Gasteiger partial charge in [-0.15, -0.1) is 0 Å². The van der Waals surface area contributed by atoms with E-state index in [9.17, 15) is 45.5 Å². The first-order valence-electron chi connectivity index (χ1n) is 27.0. The number of alkyl halides is 4. The summed E-state index contributed by atoms with van der Waals surface area (Å²) in [6.07, 6.45) is -0.456. The van der Waals surface area contributed by atoms with Gasteiger partial charge >= 0.3 is 0 Å². The number of nitrogens with two attached hydrogens (primary N) is 1. The van der Waals surface area contributed by atoms with Crippen LogP contribution in [0.15, 0.2) is 140 Å². The molecule has 7 atom stereocenters. The standard InChI is InChI=1S/C63H50F8N8O5/c1-31(18-36-7-3-11-46-53(36)77-61(83)62(46)29-48(62)60(82)76-50(24-33-21-40(66)27-41(67)22-33)55-44(10-5-17-74-55)35-6-2-8-37(25-35)59(72)81)84-42-14-12-34(13-15-42)43-9-4-16-73-54(43)49(23-32-19-38(64)26-39(65)20-32)75-51(80)30-79-57-52(56(78-79)58(68)69)45-28-47(45)63(57,70)71/h2-17,19-22,25-27,31,45,47-50,58H,18,23-24,28-30H2,1H3,(H2,72,81)(H,75,80)(H,76,82)(H,77,83)/t31?,45?,47?,48?,49-,50?,62?/m0/s1. The summed E-state index contributed by atoms with van der Waals surface area (Å²) < 4.78 is 124. The van der Waals surface area contributed by atoms with Gasteiger partial charge in [0.05, 0.1) is 40.9 Å². The molecule has 84 heavy (non-hydrogen) atoms. The van der Waals surface area contributed by atoms with Gasteiger partial charge in [-0.05, 0) is 133 Å². The van der Waals surface area contributed by atoms with E-state index in [1.165, 1.54) is 12.4 Å². The summed E-state index contributed by atoms with van der Waals surface area (Å²) >= 11 is 0. The van der Waals surface area contributed by atoms with E-state index >= 15 is 8.78 Å². The van der Waals surface area contributed by atoms with Crippen molar-refractivity contribution in [1.29, 1.82) is 0 Å². The molecule has 5 aromatic carbocycles. The molecule has 3 aliphatic carbocycles. The fraction of sp³-hybridized carbons (Fsp3) is 0.254. The number of amides is 4. The first kappa shape index (κ1) is 55.3. The van der Waals surface area contributed by atoms with Gasteiger partial charge in [0.1, 0.15) is 47.0 Å². The van der Waals surface area contributed by atoms with Gasteiger partial charge in [0.15, 0.2) is 0 Å². The Bertz CT molecular complexity index is 3930. The fourth-order valence-electron chi connectivity index (χ4n) is 12.4. The maximum Gasteiger partial charge on any atom is 0.293 e. The molecule has 6 unspecified atom stereocenters. The monoisotopic (exact) mass is 1150 g/mol. The molecular weight excluding hydrogens is 1100 g/mol. The molecule has 21 heteroatoms. The molecule has 0 saturated heterocycles. The molecule has 5 N–H and O–H groups in total. The van der Waals surface area contributed by atoms with Crippen LogP contribution in [0.25, 0.3) is 22.3 Å². The van der Waals surface area contributed by atoms with E-state index in [4.69, 9.17) is 10.5 Å². The van der Waals surface area contributed by atoms with Gasteiger partial charge < -0.3 is 26.4 Å². The van der Waals surface area contributed by atoms with Crippen LogP contribution in [0.1, 0.15) is 105 Å². The van der Waals surface area contributed by atoms with Crippen molar-refractivity contribution >= 4 is 29.3 Å². The average molecular weight is 1150 g/mol. The Kier molecular flexibility index (Phi) is 14.1. The molecular formula is C63H50F8N8O5. The highest BCUT2D eigenvalue weighted by molar-refractivity contribution is 6.13. The van der Waals surface area contributed by atoms with Crippen molar-refractivity contribution in [2.45, 2.75) is 87.4 Å². The Morgan fingerprint density at radius 1 is 0.738 bits per heavy atom. The Morgan fingerprint density at radius 2 is 1.35 bits per heavy atom. The summed E-state index contributed by atoms with van der Waals surface area (Å²) in [5.41, 5.74) is 7.88. The quantitative estimate of drug-likeness (QED) is 0.0577. The zero-order chi connectivity index (χ0) is 58.9. The number of para-hydroxylation sites is 1. The van der Waals surface area contributed by atoms with Gasteiger partial charge in [-0.25, -0.2) is 26.3 Å². The molecule has 4 heterocycles. The van der Waals surface area contributed by atoms with Crippen molar-refractivity contribution in [3.8, 4) is 28.0 Å². The number of carbonyl (C=O) groups excluding carboxylic acids is 4. The molecule has 2 fully saturated rings. The average Bonchev–Trinajstić information content (AvgIpc) is 1.62. The second-order valence-electron chi connectivity index (χ2n) is 21.8. The van der Waals surface area contributed by atoms with E-state index < -0.39 is 113 Å². The fourth-order valence-corrected chi connectivity index (χ4v) is 12.4. The lowest BCUT2D eigenvalue weighted by Crippen LogP contribution is -2.35.